The van der Waals surface area contributed by atoms with E-state index in [1.807, 2.05) is 48.7 Å². The number of thioether (sulfide) groups is 1. The number of carbonyl (C=O) groups excluding carboxylic acids is 1. The first-order valence-electron chi connectivity index (χ1n) is 6.06. The van der Waals surface area contributed by atoms with Gasteiger partial charge in [-0.05, 0) is 30.5 Å². The highest BCUT2D eigenvalue weighted by molar-refractivity contribution is 7.98. The molecule has 100 valence electrons. The molecular weight excluding hydrogens is 272 g/mol. The summed E-state index contributed by atoms with van der Waals surface area (Å²) in [5, 5.41) is 0. The number of fused-ring (bicyclic) bond motifs is 1. The molecule has 0 fully saturated rings. The molecule has 0 unspecified atom stereocenters. The van der Waals surface area contributed by atoms with E-state index in [4.69, 9.17) is 4.74 Å². The van der Waals surface area contributed by atoms with Crippen molar-refractivity contribution in [2.75, 3.05) is 6.26 Å². The van der Waals surface area contributed by atoms with E-state index in [1.165, 1.54) is 0 Å². The lowest BCUT2D eigenvalue weighted by Gasteiger charge is -2.07. The average Bonchev–Trinajstić information content (AvgIpc) is 2.85. The number of hydrogen-bond acceptors (Lipinski definition) is 4. The van der Waals surface area contributed by atoms with Gasteiger partial charge < -0.3 is 4.74 Å². The van der Waals surface area contributed by atoms with Gasteiger partial charge in [-0.25, -0.2) is 0 Å². The zero-order chi connectivity index (χ0) is 13.9. The van der Waals surface area contributed by atoms with Crippen LogP contribution in [0.5, 0.6) is 11.6 Å². The van der Waals surface area contributed by atoms with Crippen LogP contribution in [0, 0.1) is 0 Å². The fraction of sp³-hybridized carbons (Fsp3) is 0.0667. The lowest BCUT2D eigenvalue weighted by molar-refractivity contribution is 0.111. The van der Waals surface area contributed by atoms with E-state index >= 15 is 0 Å². The summed E-state index contributed by atoms with van der Waals surface area (Å²) in [4.78, 5) is 16.7. The molecule has 0 saturated carbocycles. The Labute approximate surface area is 120 Å². The maximum Gasteiger partial charge on any atom is 0.249 e. The summed E-state index contributed by atoms with van der Waals surface area (Å²) in [6, 6.07) is 13.2. The highest BCUT2D eigenvalue weighted by atomic mass is 32.2. The number of aromatic nitrogens is 2. The highest BCUT2D eigenvalue weighted by Crippen LogP contribution is 2.32. The van der Waals surface area contributed by atoms with Crippen molar-refractivity contribution in [3.63, 3.8) is 0 Å². The third kappa shape index (κ3) is 2.16. The van der Waals surface area contributed by atoms with E-state index in [-0.39, 0.29) is 0 Å². The number of hydrogen-bond donors (Lipinski definition) is 0. The van der Waals surface area contributed by atoms with Crippen LogP contribution in [0.25, 0.3) is 5.65 Å². The number of aldehydes is 1. The van der Waals surface area contributed by atoms with Gasteiger partial charge in [0, 0.05) is 11.1 Å². The van der Waals surface area contributed by atoms with Crippen molar-refractivity contribution in [3.05, 3.63) is 54.4 Å². The minimum atomic E-state index is 0.327. The first-order valence-corrected chi connectivity index (χ1v) is 7.29. The fourth-order valence-electron chi connectivity index (χ4n) is 1.98. The molecule has 0 atom stereocenters. The normalized spacial score (nSPS) is 10.7. The molecule has 3 aromatic rings. The predicted octanol–water partition coefficient (Wildman–Crippen LogP) is 3.66. The van der Waals surface area contributed by atoms with Crippen LogP contribution < -0.4 is 4.74 Å². The maximum absolute atomic E-state index is 11.3. The lowest BCUT2D eigenvalue weighted by atomic mass is 10.3. The van der Waals surface area contributed by atoms with E-state index in [0.717, 1.165) is 11.2 Å². The van der Waals surface area contributed by atoms with Crippen molar-refractivity contribution in [2.24, 2.45) is 0 Å². The van der Waals surface area contributed by atoms with Crippen molar-refractivity contribution in [1.29, 1.82) is 0 Å². The predicted molar refractivity (Wildman–Crippen MR) is 78.9 cm³/mol. The molecule has 0 aliphatic rings. The minimum absolute atomic E-state index is 0.327. The van der Waals surface area contributed by atoms with Crippen LogP contribution in [0.4, 0.5) is 0 Å². The number of ether oxygens (including phenoxy) is 1. The zero-order valence-electron chi connectivity index (χ0n) is 10.8. The Bertz CT molecular complexity index is 767. The molecule has 0 radical (unpaired) electrons. The highest BCUT2D eigenvalue weighted by Gasteiger charge is 2.14. The second-order valence-corrected chi connectivity index (χ2v) is 4.95. The Hall–Kier alpha value is -2.27. The third-order valence-corrected chi connectivity index (χ3v) is 3.70. The SMILES string of the molecule is CSc1ccccc1Oc1nc2ccccn2c1C=O. The van der Waals surface area contributed by atoms with E-state index in [2.05, 4.69) is 4.98 Å². The van der Waals surface area contributed by atoms with Crippen LogP contribution in [0.2, 0.25) is 0 Å². The number of rotatable bonds is 4. The van der Waals surface area contributed by atoms with Crippen LogP contribution >= 0.6 is 11.8 Å². The molecule has 5 heteroatoms. The molecule has 20 heavy (non-hydrogen) atoms. The van der Waals surface area contributed by atoms with Gasteiger partial charge in [0.1, 0.15) is 11.4 Å². The minimum Gasteiger partial charge on any atom is -0.436 e. The quantitative estimate of drug-likeness (QED) is 0.541. The van der Waals surface area contributed by atoms with Gasteiger partial charge in [0.25, 0.3) is 0 Å². The van der Waals surface area contributed by atoms with Crippen LogP contribution in [0.15, 0.2) is 53.6 Å². The van der Waals surface area contributed by atoms with Crippen LogP contribution in [0.3, 0.4) is 0 Å². The van der Waals surface area contributed by atoms with Gasteiger partial charge in [-0.3, -0.25) is 9.20 Å². The van der Waals surface area contributed by atoms with Crippen molar-refractivity contribution in [2.45, 2.75) is 4.90 Å². The molecule has 0 bridgehead atoms. The summed E-state index contributed by atoms with van der Waals surface area (Å²) in [5.41, 5.74) is 1.10. The molecule has 1 aromatic carbocycles. The molecular formula is C15H12N2O2S. The Morgan fingerprint density at radius 3 is 2.80 bits per heavy atom. The van der Waals surface area contributed by atoms with Crippen LogP contribution in [-0.4, -0.2) is 21.9 Å². The Kier molecular flexibility index (Phi) is 3.43. The van der Waals surface area contributed by atoms with Gasteiger partial charge in [0.2, 0.25) is 5.88 Å². The monoisotopic (exact) mass is 284 g/mol. The van der Waals surface area contributed by atoms with Crippen molar-refractivity contribution < 1.29 is 9.53 Å². The second-order valence-electron chi connectivity index (χ2n) is 4.10. The molecule has 0 saturated heterocycles. The molecule has 0 N–H and O–H groups in total. The van der Waals surface area contributed by atoms with Crippen LogP contribution in [-0.2, 0) is 0 Å². The zero-order valence-corrected chi connectivity index (χ0v) is 11.6. The topological polar surface area (TPSA) is 43.6 Å². The van der Waals surface area contributed by atoms with E-state index in [1.54, 1.807) is 22.4 Å². The third-order valence-electron chi connectivity index (χ3n) is 2.92. The Balaban J connectivity index is 2.08. The van der Waals surface area contributed by atoms with Crippen molar-refractivity contribution in [3.8, 4) is 11.6 Å². The average molecular weight is 284 g/mol. The maximum atomic E-state index is 11.3. The molecule has 0 aliphatic heterocycles. The molecule has 0 spiro atoms. The van der Waals surface area contributed by atoms with E-state index < -0.39 is 0 Å². The summed E-state index contributed by atoms with van der Waals surface area (Å²) >= 11 is 1.59. The second kappa shape index (κ2) is 5.38. The van der Waals surface area contributed by atoms with Gasteiger partial charge in [-0.15, -0.1) is 11.8 Å². The number of imidazole rings is 1. The molecule has 4 nitrogen and oxygen atoms in total. The molecule has 2 aromatic heterocycles. The smallest absolute Gasteiger partial charge is 0.249 e. The molecule has 3 rings (SSSR count). The first-order chi connectivity index (χ1) is 9.83. The Morgan fingerprint density at radius 2 is 2.00 bits per heavy atom. The molecule has 0 amide bonds. The molecule has 0 aliphatic carbocycles. The van der Waals surface area contributed by atoms with Gasteiger partial charge in [0.15, 0.2) is 12.0 Å². The van der Waals surface area contributed by atoms with Crippen molar-refractivity contribution >= 4 is 23.7 Å². The van der Waals surface area contributed by atoms with Gasteiger partial charge in [-0.2, -0.15) is 4.98 Å². The summed E-state index contributed by atoms with van der Waals surface area (Å²) in [6.07, 6.45) is 4.53. The Morgan fingerprint density at radius 1 is 1.20 bits per heavy atom. The molecule has 2 heterocycles. The standard InChI is InChI=1S/C15H12N2O2S/c1-20-13-7-3-2-6-12(13)19-15-11(10-18)17-9-5-4-8-14(17)16-15/h2-10H,1H3. The summed E-state index contributed by atoms with van der Waals surface area (Å²) < 4.78 is 7.54. The first kappa shape index (κ1) is 12.7. The number of benzene rings is 1. The van der Waals surface area contributed by atoms with Crippen molar-refractivity contribution in [1.82, 2.24) is 9.38 Å². The number of pyridine rings is 1. The van der Waals surface area contributed by atoms with Gasteiger partial charge in [0.05, 0.1) is 0 Å². The largest absolute Gasteiger partial charge is 0.436 e. The lowest BCUT2D eigenvalue weighted by Crippen LogP contribution is -1.93. The summed E-state index contributed by atoms with van der Waals surface area (Å²) in [5.74, 6) is 1.03. The summed E-state index contributed by atoms with van der Waals surface area (Å²) in [7, 11) is 0. The van der Waals surface area contributed by atoms with Gasteiger partial charge >= 0.3 is 0 Å². The van der Waals surface area contributed by atoms with E-state index in [9.17, 15) is 4.79 Å². The fourth-order valence-corrected chi connectivity index (χ4v) is 2.51. The number of para-hydroxylation sites is 1. The van der Waals surface area contributed by atoms with E-state index in [0.29, 0.717) is 23.0 Å². The van der Waals surface area contributed by atoms with Crippen LogP contribution in [0.1, 0.15) is 10.5 Å². The van der Waals surface area contributed by atoms with Gasteiger partial charge in [-0.1, -0.05) is 18.2 Å². The summed E-state index contributed by atoms with van der Waals surface area (Å²) in [6.45, 7) is 0. The number of carbonyl (C=O) groups is 1. The number of nitrogens with zero attached hydrogens (tertiary/aromatic N) is 2.